The number of benzene rings is 1. The van der Waals surface area contributed by atoms with E-state index in [9.17, 15) is 0 Å². The molecule has 0 aliphatic carbocycles. The van der Waals surface area contributed by atoms with E-state index in [0.29, 0.717) is 0 Å². The van der Waals surface area contributed by atoms with Crippen LogP contribution in [0.1, 0.15) is 25.3 Å². The molecule has 0 N–H and O–H groups in total. The summed E-state index contributed by atoms with van der Waals surface area (Å²) >= 11 is 4.24. The van der Waals surface area contributed by atoms with Crippen molar-refractivity contribution >= 4 is 18.3 Å². The highest BCUT2D eigenvalue weighted by Crippen LogP contribution is 2.19. The molecule has 0 saturated heterocycles. The largest absolute Gasteiger partial charge is 0.372 e. The summed E-state index contributed by atoms with van der Waals surface area (Å²) < 4.78 is 0. The van der Waals surface area contributed by atoms with Crippen molar-refractivity contribution in [3.8, 4) is 0 Å². The lowest BCUT2D eigenvalue weighted by Gasteiger charge is -2.24. The predicted octanol–water partition coefficient (Wildman–Crippen LogP) is 3.53. The first-order valence-corrected chi connectivity index (χ1v) is 6.34. The van der Waals surface area contributed by atoms with Gasteiger partial charge in [-0.15, -0.1) is 0 Å². The zero-order chi connectivity index (χ0) is 11.1. The van der Waals surface area contributed by atoms with Crippen LogP contribution >= 0.6 is 12.6 Å². The summed E-state index contributed by atoms with van der Waals surface area (Å²) in [5.41, 5.74) is 2.74. The van der Waals surface area contributed by atoms with E-state index in [0.717, 1.165) is 18.8 Å². The van der Waals surface area contributed by atoms with Gasteiger partial charge in [-0.05, 0) is 44.1 Å². The van der Waals surface area contributed by atoms with E-state index in [1.54, 1.807) is 0 Å². The lowest BCUT2D eigenvalue weighted by atomic mass is 10.1. The molecule has 1 aromatic rings. The molecule has 0 radical (unpaired) electrons. The quantitative estimate of drug-likeness (QED) is 0.570. The zero-order valence-corrected chi connectivity index (χ0v) is 10.6. The fourth-order valence-electron chi connectivity index (χ4n) is 1.78. The fourth-order valence-corrected chi connectivity index (χ4v) is 2.01. The molecule has 0 aliphatic heterocycles. The molecule has 1 rings (SSSR count). The summed E-state index contributed by atoms with van der Waals surface area (Å²) in [7, 11) is 0. The van der Waals surface area contributed by atoms with Crippen LogP contribution in [-0.2, 0) is 0 Å². The molecule has 0 bridgehead atoms. The van der Waals surface area contributed by atoms with Crippen molar-refractivity contribution in [2.75, 3.05) is 23.7 Å². The number of para-hydroxylation sites is 1. The standard InChI is InChI=1S/C13H21NS/c1-3-14(10-6-7-11-15)13-9-5-4-8-12(13)2/h4-5,8-9,15H,3,6-7,10-11H2,1-2H3. The van der Waals surface area contributed by atoms with E-state index >= 15 is 0 Å². The first-order chi connectivity index (χ1) is 7.29. The van der Waals surface area contributed by atoms with Gasteiger partial charge in [-0.2, -0.15) is 12.6 Å². The van der Waals surface area contributed by atoms with Gasteiger partial charge in [0, 0.05) is 18.8 Å². The number of unbranched alkanes of at least 4 members (excludes halogenated alkanes) is 1. The van der Waals surface area contributed by atoms with Crippen molar-refractivity contribution in [3.63, 3.8) is 0 Å². The second kappa shape index (κ2) is 6.78. The van der Waals surface area contributed by atoms with Crippen molar-refractivity contribution in [2.45, 2.75) is 26.7 Å². The summed E-state index contributed by atoms with van der Waals surface area (Å²) in [5, 5.41) is 0. The minimum atomic E-state index is 0.991. The number of aryl methyl sites for hydroxylation is 1. The number of hydrogen-bond acceptors (Lipinski definition) is 2. The summed E-state index contributed by atoms with van der Waals surface area (Å²) in [6.45, 7) is 6.61. The Morgan fingerprint density at radius 3 is 2.53 bits per heavy atom. The molecule has 0 amide bonds. The molecule has 15 heavy (non-hydrogen) atoms. The first-order valence-electron chi connectivity index (χ1n) is 5.71. The van der Waals surface area contributed by atoms with E-state index in [1.807, 2.05) is 0 Å². The summed E-state index contributed by atoms with van der Waals surface area (Å²) in [4.78, 5) is 2.44. The monoisotopic (exact) mass is 223 g/mol. The molecule has 2 heteroatoms. The molecule has 0 saturated carbocycles. The van der Waals surface area contributed by atoms with Crippen molar-refractivity contribution in [3.05, 3.63) is 29.8 Å². The highest BCUT2D eigenvalue weighted by molar-refractivity contribution is 7.80. The second-order valence-corrected chi connectivity index (χ2v) is 4.24. The number of anilines is 1. The maximum Gasteiger partial charge on any atom is 0.0395 e. The normalized spacial score (nSPS) is 10.3. The van der Waals surface area contributed by atoms with Gasteiger partial charge in [0.05, 0.1) is 0 Å². The highest BCUT2D eigenvalue weighted by Gasteiger charge is 2.05. The maximum absolute atomic E-state index is 4.24. The Bertz CT molecular complexity index is 286. The third-order valence-corrected chi connectivity index (χ3v) is 2.99. The van der Waals surface area contributed by atoms with Crippen molar-refractivity contribution < 1.29 is 0 Å². The molecule has 84 valence electrons. The molecule has 0 aromatic heterocycles. The van der Waals surface area contributed by atoms with Gasteiger partial charge in [0.1, 0.15) is 0 Å². The highest BCUT2D eigenvalue weighted by atomic mass is 32.1. The Balaban J connectivity index is 2.61. The Labute approximate surface area is 98.9 Å². The SMILES string of the molecule is CCN(CCCCS)c1ccccc1C. The number of rotatable bonds is 6. The summed E-state index contributed by atoms with van der Waals surface area (Å²) in [6.07, 6.45) is 2.43. The molecule has 1 aromatic carbocycles. The number of thiol groups is 1. The van der Waals surface area contributed by atoms with Gasteiger partial charge >= 0.3 is 0 Å². The average molecular weight is 223 g/mol. The minimum Gasteiger partial charge on any atom is -0.372 e. The molecule has 0 unspecified atom stereocenters. The van der Waals surface area contributed by atoms with Gasteiger partial charge in [-0.3, -0.25) is 0 Å². The molecule has 0 fully saturated rings. The topological polar surface area (TPSA) is 3.24 Å². The predicted molar refractivity (Wildman–Crippen MR) is 72.2 cm³/mol. The lowest BCUT2D eigenvalue weighted by Crippen LogP contribution is -2.24. The molecular formula is C13H21NS. The van der Waals surface area contributed by atoms with E-state index in [2.05, 4.69) is 55.6 Å². The maximum atomic E-state index is 4.24. The van der Waals surface area contributed by atoms with Crippen LogP contribution in [0.25, 0.3) is 0 Å². The molecule has 0 heterocycles. The van der Waals surface area contributed by atoms with Crippen LogP contribution in [0.15, 0.2) is 24.3 Å². The van der Waals surface area contributed by atoms with Crippen LogP contribution in [0.3, 0.4) is 0 Å². The third-order valence-electron chi connectivity index (χ3n) is 2.67. The van der Waals surface area contributed by atoms with E-state index in [4.69, 9.17) is 0 Å². The summed E-state index contributed by atoms with van der Waals surface area (Å²) in [6, 6.07) is 8.60. The Hall–Kier alpha value is -0.630. The molecule has 0 spiro atoms. The number of hydrogen-bond donors (Lipinski definition) is 1. The van der Waals surface area contributed by atoms with Crippen LogP contribution in [-0.4, -0.2) is 18.8 Å². The number of nitrogens with zero attached hydrogens (tertiary/aromatic N) is 1. The van der Waals surface area contributed by atoms with Crippen LogP contribution < -0.4 is 4.90 Å². The lowest BCUT2D eigenvalue weighted by molar-refractivity contribution is 0.735. The molecule has 1 nitrogen and oxygen atoms in total. The Morgan fingerprint density at radius 1 is 1.20 bits per heavy atom. The van der Waals surface area contributed by atoms with Crippen molar-refractivity contribution in [2.24, 2.45) is 0 Å². The second-order valence-electron chi connectivity index (χ2n) is 3.80. The minimum absolute atomic E-state index is 0.991. The van der Waals surface area contributed by atoms with Gasteiger partial charge < -0.3 is 4.90 Å². The van der Waals surface area contributed by atoms with Crippen LogP contribution in [0.2, 0.25) is 0 Å². The zero-order valence-electron chi connectivity index (χ0n) is 9.74. The Kier molecular flexibility index (Phi) is 5.62. The van der Waals surface area contributed by atoms with Gasteiger partial charge in [-0.1, -0.05) is 18.2 Å². The van der Waals surface area contributed by atoms with Crippen LogP contribution in [0.4, 0.5) is 5.69 Å². The van der Waals surface area contributed by atoms with Crippen molar-refractivity contribution in [1.29, 1.82) is 0 Å². The van der Waals surface area contributed by atoms with Crippen LogP contribution in [0.5, 0.6) is 0 Å². The van der Waals surface area contributed by atoms with E-state index < -0.39 is 0 Å². The Morgan fingerprint density at radius 2 is 1.93 bits per heavy atom. The molecule has 0 atom stereocenters. The molecular weight excluding hydrogens is 202 g/mol. The summed E-state index contributed by atoms with van der Waals surface area (Å²) in [5.74, 6) is 0.991. The fraction of sp³-hybridized carbons (Fsp3) is 0.538. The third kappa shape index (κ3) is 3.78. The van der Waals surface area contributed by atoms with E-state index in [-0.39, 0.29) is 0 Å². The van der Waals surface area contributed by atoms with Gasteiger partial charge in [0.15, 0.2) is 0 Å². The van der Waals surface area contributed by atoms with Crippen molar-refractivity contribution in [1.82, 2.24) is 0 Å². The van der Waals surface area contributed by atoms with Crippen LogP contribution in [0, 0.1) is 6.92 Å². The smallest absolute Gasteiger partial charge is 0.0395 e. The first kappa shape index (κ1) is 12.4. The van der Waals surface area contributed by atoms with Gasteiger partial charge in [0.25, 0.3) is 0 Å². The van der Waals surface area contributed by atoms with Gasteiger partial charge in [-0.25, -0.2) is 0 Å². The average Bonchev–Trinajstić information content (AvgIpc) is 2.26. The molecule has 0 aliphatic rings. The van der Waals surface area contributed by atoms with E-state index in [1.165, 1.54) is 24.1 Å². The van der Waals surface area contributed by atoms with Gasteiger partial charge in [0.2, 0.25) is 0 Å².